The van der Waals surface area contributed by atoms with Crippen LogP contribution in [0.4, 0.5) is 0 Å². The SMILES string of the molecule is COc1ccc(C(C)=NN=c2scc(-c3ccc(OC)cc3)n2-c2ccccc2)cc1. The third kappa shape index (κ3) is 4.59. The van der Waals surface area contributed by atoms with Crippen LogP contribution in [-0.4, -0.2) is 24.5 Å². The average molecular weight is 430 g/mol. The van der Waals surface area contributed by atoms with Crippen LogP contribution in [0.3, 0.4) is 0 Å². The fraction of sp³-hybridized carbons (Fsp3) is 0.120. The van der Waals surface area contributed by atoms with Crippen LogP contribution in [0.2, 0.25) is 0 Å². The smallest absolute Gasteiger partial charge is 0.215 e. The van der Waals surface area contributed by atoms with Crippen LogP contribution in [-0.2, 0) is 0 Å². The van der Waals surface area contributed by atoms with Crippen molar-refractivity contribution in [2.75, 3.05) is 14.2 Å². The maximum Gasteiger partial charge on any atom is 0.215 e. The Balaban J connectivity index is 1.79. The van der Waals surface area contributed by atoms with Gasteiger partial charge < -0.3 is 9.47 Å². The topological polar surface area (TPSA) is 48.1 Å². The molecule has 0 atom stereocenters. The molecule has 3 aromatic carbocycles. The fourth-order valence-corrected chi connectivity index (χ4v) is 4.03. The molecule has 0 radical (unpaired) electrons. The molecule has 0 fully saturated rings. The van der Waals surface area contributed by atoms with Crippen LogP contribution in [0.15, 0.2) is 94.4 Å². The zero-order valence-electron chi connectivity index (χ0n) is 17.6. The Morgan fingerprint density at radius 3 is 2.03 bits per heavy atom. The molecule has 1 heterocycles. The van der Waals surface area contributed by atoms with Gasteiger partial charge in [-0.15, -0.1) is 16.4 Å². The van der Waals surface area contributed by atoms with E-state index in [2.05, 4.69) is 44.4 Å². The molecule has 0 N–H and O–H groups in total. The minimum Gasteiger partial charge on any atom is -0.497 e. The first-order chi connectivity index (χ1) is 15.2. The second-order valence-electron chi connectivity index (χ2n) is 6.82. The molecule has 0 spiro atoms. The van der Waals surface area contributed by atoms with Crippen LogP contribution in [0.1, 0.15) is 12.5 Å². The zero-order chi connectivity index (χ0) is 21.6. The standard InChI is InChI=1S/C25H23N3O2S/c1-18(19-9-13-22(29-2)14-10-19)26-27-25-28(21-7-5-4-6-8-21)24(17-31-25)20-11-15-23(30-3)16-12-20/h4-17H,1-3H3. The summed E-state index contributed by atoms with van der Waals surface area (Å²) in [5, 5.41) is 11.2. The third-order valence-corrected chi connectivity index (χ3v) is 5.72. The molecule has 156 valence electrons. The van der Waals surface area contributed by atoms with Crippen LogP contribution in [0, 0.1) is 0 Å². The van der Waals surface area contributed by atoms with Crippen molar-refractivity contribution in [3.63, 3.8) is 0 Å². The van der Waals surface area contributed by atoms with Gasteiger partial charge in [-0.3, -0.25) is 4.57 Å². The molecule has 0 bridgehead atoms. The van der Waals surface area contributed by atoms with Gasteiger partial charge in [0.2, 0.25) is 4.80 Å². The Morgan fingerprint density at radius 1 is 0.806 bits per heavy atom. The lowest BCUT2D eigenvalue weighted by Gasteiger charge is -2.09. The van der Waals surface area contributed by atoms with Crippen LogP contribution in [0.5, 0.6) is 11.5 Å². The molecule has 0 saturated carbocycles. The van der Waals surface area contributed by atoms with Gasteiger partial charge in [-0.2, -0.15) is 5.10 Å². The molecule has 0 aliphatic carbocycles. The second kappa shape index (κ2) is 9.45. The van der Waals surface area contributed by atoms with E-state index in [1.165, 1.54) is 0 Å². The Labute approximate surface area is 185 Å². The molecule has 4 aromatic rings. The number of para-hydroxylation sites is 1. The summed E-state index contributed by atoms with van der Waals surface area (Å²) in [5.74, 6) is 1.65. The highest BCUT2D eigenvalue weighted by molar-refractivity contribution is 7.07. The van der Waals surface area contributed by atoms with Gasteiger partial charge in [0.15, 0.2) is 0 Å². The molecule has 4 rings (SSSR count). The predicted octanol–water partition coefficient (Wildman–Crippen LogP) is 5.55. The number of nitrogens with zero attached hydrogens (tertiary/aromatic N) is 3. The first-order valence-electron chi connectivity index (χ1n) is 9.82. The van der Waals surface area contributed by atoms with E-state index in [4.69, 9.17) is 9.47 Å². The van der Waals surface area contributed by atoms with Crippen molar-refractivity contribution in [2.24, 2.45) is 10.2 Å². The summed E-state index contributed by atoms with van der Waals surface area (Å²) in [6.45, 7) is 1.95. The summed E-state index contributed by atoms with van der Waals surface area (Å²) in [7, 11) is 3.33. The lowest BCUT2D eigenvalue weighted by molar-refractivity contribution is 0.414. The van der Waals surface area contributed by atoms with Crippen molar-refractivity contribution >= 4 is 17.0 Å². The average Bonchev–Trinajstić information content (AvgIpc) is 3.27. The van der Waals surface area contributed by atoms with Crippen molar-refractivity contribution in [3.05, 3.63) is 94.6 Å². The maximum absolute atomic E-state index is 5.30. The predicted molar refractivity (Wildman–Crippen MR) is 126 cm³/mol. The van der Waals surface area contributed by atoms with Gasteiger partial charge in [0.25, 0.3) is 0 Å². The molecule has 1 aromatic heterocycles. The molecular formula is C25H23N3O2S. The van der Waals surface area contributed by atoms with Crippen LogP contribution < -0.4 is 14.3 Å². The van der Waals surface area contributed by atoms with Crippen LogP contribution in [0.25, 0.3) is 16.9 Å². The molecule has 0 unspecified atom stereocenters. The quantitative estimate of drug-likeness (QED) is 0.298. The molecular weight excluding hydrogens is 406 g/mol. The Morgan fingerprint density at radius 2 is 1.42 bits per heavy atom. The third-order valence-electron chi connectivity index (χ3n) is 4.90. The monoisotopic (exact) mass is 429 g/mol. The highest BCUT2D eigenvalue weighted by Crippen LogP contribution is 2.25. The first-order valence-corrected chi connectivity index (χ1v) is 10.7. The molecule has 0 amide bonds. The number of ether oxygens (including phenoxy) is 2. The normalized spacial score (nSPS) is 12.1. The van der Waals surface area contributed by atoms with Gasteiger partial charge in [-0.05, 0) is 78.7 Å². The summed E-state index contributed by atoms with van der Waals surface area (Å²) in [5.41, 5.74) is 5.00. The summed E-state index contributed by atoms with van der Waals surface area (Å²) < 4.78 is 12.7. The van der Waals surface area contributed by atoms with E-state index in [1.807, 2.05) is 61.5 Å². The van der Waals surface area contributed by atoms with Gasteiger partial charge in [0, 0.05) is 11.1 Å². The van der Waals surface area contributed by atoms with Crippen LogP contribution >= 0.6 is 11.3 Å². The summed E-state index contributed by atoms with van der Waals surface area (Å²) in [6, 6.07) is 26.0. The van der Waals surface area contributed by atoms with Gasteiger partial charge in [-0.25, -0.2) is 0 Å². The van der Waals surface area contributed by atoms with Crippen molar-refractivity contribution in [2.45, 2.75) is 6.92 Å². The lowest BCUT2D eigenvalue weighted by Crippen LogP contribution is -2.13. The van der Waals surface area contributed by atoms with Gasteiger partial charge in [0.1, 0.15) is 11.5 Å². The molecule has 0 aliphatic heterocycles. The van der Waals surface area contributed by atoms with Crippen molar-refractivity contribution in [1.82, 2.24) is 4.57 Å². The number of methoxy groups -OCH3 is 2. The largest absolute Gasteiger partial charge is 0.497 e. The van der Waals surface area contributed by atoms with E-state index in [9.17, 15) is 0 Å². The summed E-state index contributed by atoms with van der Waals surface area (Å²) >= 11 is 1.56. The number of hydrogen-bond donors (Lipinski definition) is 0. The van der Waals surface area contributed by atoms with Crippen molar-refractivity contribution in [3.8, 4) is 28.4 Å². The number of benzene rings is 3. The number of thiazole rings is 1. The first kappa shape index (κ1) is 20.6. The van der Waals surface area contributed by atoms with E-state index in [0.717, 1.165) is 44.5 Å². The Kier molecular flexibility index (Phi) is 6.29. The molecule has 0 aliphatic rings. The zero-order valence-corrected chi connectivity index (χ0v) is 18.5. The molecule has 5 nitrogen and oxygen atoms in total. The van der Waals surface area contributed by atoms with E-state index in [1.54, 1.807) is 25.6 Å². The van der Waals surface area contributed by atoms with Gasteiger partial charge in [-0.1, -0.05) is 18.2 Å². The summed E-state index contributed by atoms with van der Waals surface area (Å²) in [6.07, 6.45) is 0. The number of rotatable bonds is 6. The molecule has 0 saturated heterocycles. The number of aromatic nitrogens is 1. The van der Waals surface area contributed by atoms with E-state index in [-0.39, 0.29) is 0 Å². The van der Waals surface area contributed by atoms with E-state index < -0.39 is 0 Å². The fourth-order valence-electron chi connectivity index (χ4n) is 3.18. The van der Waals surface area contributed by atoms with Crippen molar-refractivity contribution < 1.29 is 9.47 Å². The van der Waals surface area contributed by atoms with Gasteiger partial charge in [0.05, 0.1) is 25.6 Å². The lowest BCUT2D eigenvalue weighted by atomic mass is 10.1. The summed E-state index contributed by atoms with van der Waals surface area (Å²) in [4.78, 5) is 0.796. The van der Waals surface area contributed by atoms with Gasteiger partial charge >= 0.3 is 0 Å². The number of hydrogen-bond acceptors (Lipinski definition) is 5. The Hall–Kier alpha value is -3.64. The Bertz CT molecular complexity index is 1240. The molecule has 31 heavy (non-hydrogen) atoms. The second-order valence-corrected chi connectivity index (χ2v) is 7.65. The minimum atomic E-state index is 0.796. The van der Waals surface area contributed by atoms with E-state index >= 15 is 0 Å². The maximum atomic E-state index is 5.30. The minimum absolute atomic E-state index is 0.796. The van der Waals surface area contributed by atoms with E-state index in [0.29, 0.717) is 0 Å². The molecule has 6 heteroatoms. The highest BCUT2D eigenvalue weighted by atomic mass is 32.1. The van der Waals surface area contributed by atoms with Crippen molar-refractivity contribution in [1.29, 1.82) is 0 Å². The highest BCUT2D eigenvalue weighted by Gasteiger charge is 2.10.